The Bertz CT molecular complexity index is 2230. The minimum absolute atomic E-state index is 0.0680. The van der Waals surface area contributed by atoms with Gasteiger partial charge in [0.05, 0.1) is 57.4 Å². The average Bonchev–Trinajstić information content (AvgIpc) is 3.54. The van der Waals surface area contributed by atoms with Crippen LogP contribution < -0.4 is 19.8 Å². The molecule has 53 heavy (non-hydrogen) atoms. The second-order valence-electron chi connectivity index (χ2n) is 13.6. The van der Waals surface area contributed by atoms with Gasteiger partial charge in [0.15, 0.2) is 11.5 Å². The summed E-state index contributed by atoms with van der Waals surface area (Å²) in [5, 5.41) is 12.5. The van der Waals surface area contributed by atoms with Crippen LogP contribution in [-0.4, -0.2) is 48.0 Å². The number of para-hydroxylation sites is 1. The van der Waals surface area contributed by atoms with E-state index in [0.717, 1.165) is 10.6 Å². The van der Waals surface area contributed by atoms with Crippen molar-refractivity contribution >= 4 is 80.8 Å². The highest BCUT2D eigenvalue weighted by Crippen LogP contribution is 2.64. The van der Waals surface area contributed by atoms with Crippen LogP contribution in [0.2, 0.25) is 10.0 Å². The number of fused-ring (bicyclic) bond motifs is 4. The number of phenols is 1. The fraction of sp³-hybridized carbons (Fsp3) is 0.250. The van der Waals surface area contributed by atoms with Gasteiger partial charge in [-0.25, -0.2) is 0 Å². The number of ether oxygens (including phenoxy) is 2. The number of amides is 4. The number of carbonyl (C=O) groups excluding carboxylic acids is 4. The summed E-state index contributed by atoms with van der Waals surface area (Å²) < 4.78 is 11.6. The van der Waals surface area contributed by atoms with E-state index in [0.29, 0.717) is 36.8 Å². The zero-order chi connectivity index (χ0) is 37.3. The molecule has 4 aromatic rings. The Kier molecular flexibility index (Phi) is 8.94. The van der Waals surface area contributed by atoms with Gasteiger partial charge in [-0.05, 0) is 107 Å². The SMILES string of the molecule is COc1ccc(C23C(=O)N(Nc4ccc(Cl)cc4Cl)C(=O)C2CC2C(=CCC4C(=O)N(c5ccccc5)C(=O)C42)C3c2cc(I)c(O)c(OC)c2)cc1. The van der Waals surface area contributed by atoms with E-state index in [2.05, 4.69) is 5.43 Å². The molecule has 1 saturated carbocycles. The third-order valence-corrected chi connectivity index (χ3v) is 12.6. The molecule has 10 nitrogen and oxygen atoms in total. The summed E-state index contributed by atoms with van der Waals surface area (Å²) in [5.74, 6) is -4.82. The number of carbonyl (C=O) groups is 4. The topological polar surface area (TPSA) is 125 Å². The Morgan fingerprint density at radius 2 is 1.60 bits per heavy atom. The molecule has 4 aliphatic rings. The Morgan fingerprint density at radius 1 is 0.868 bits per heavy atom. The summed E-state index contributed by atoms with van der Waals surface area (Å²) in [7, 11) is 2.99. The Morgan fingerprint density at radius 3 is 2.28 bits per heavy atom. The first-order valence-corrected chi connectivity index (χ1v) is 18.8. The maximum atomic E-state index is 15.5. The number of halogens is 3. The minimum atomic E-state index is -1.56. The van der Waals surface area contributed by atoms with Crippen molar-refractivity contribution in [3.63, 3.8) is 0 Å². The van der Waals surface area contributed by atoms with E-state index in [-0.39, 0.29) is 41.2 Å². The maximum absolute atomic E-state index is 15.5. The minimum Gasteiger partial charge on any atom is -0.504 e. The number of hydrogen-bond acceptors (Lipinski definition) is 8. The standard InChI is InChI=1S/C40H32Cl2IN3O7/c1-52-24-11-8-21(9-12-24)40-28(37(49)46(39(40)51)44-31-15-10-22(41)18-29(31)42)19-27-25(34(40)20-16-30(43)35(47)32(17-20)53-2)13-14-26-33(27)38(50)45(36(26)48)23-6-4-3-5-7-23/h3-13,15-18,26-28,33-34,44,47H,14,19H2,1-2H3. The van der Waals surface area contributed by atoms with Crippen LogP contribution in [0.25, 0.3) is 0 Å². The number of allylic oxidation sites excluding steroid dienone is 2. The maximum Gasteiger partial charge on any atom is 0.260 e. The van der Waals surface area contributed by atoms with Crippen LogP contribution in [0.4, 0.5) is 11.4 Å². The molecule has 0 aromatic heterocycles. The molecule has 0 spiro atoms. The number of hydrogen-bond donors (Lipinski definition) is 2. The van der Waals surface area contributed by atoms with Crippen molar-refractivity contribution in [2.24, 2.45) is 23.7 Å². The van der Waals surface area contributed by atoms with Crippen LogP contribution in [-0.2, 0) is 24.6 Å². The van der Waals surface area contributed by atoms with E-state index in [4.69, 9.17) is 32.7 Å². The quantitative estimate of drug-likeness (QED) is 0.111. The van der Waals surface area contributed by atoms with Gasteiger partial charge in [-0.3, -0.25) is 29.5 Å². The van der Waals surface area contributed by atoms with Gasteiger partial charge < -0.3 is 14.6 Å². The van der Waals surface area contributed by atoms with Gasteiger partial charge in [0.25, 0.3) is 11.8 Å². The van der Waals surface area contributed by atoms with Crippen LogP contribution in [0.3, 0.4) is 0 Å². The predicted molar refractivity (Wildman–Crippen MR) is 207 cm³/mol. The van der Waals surface area contributed by atoms with Gasteiger partial charge in [-0.15, -0.1) is 0 Å². The van der Waals surface area contributed by atoms with Crippen molar-refractivity contribution in [2.75, 3.05) is 24.5 Å². The molecule has 2 saturated heterocycles. The number of hydrazine groups is 1. The van der Waals surface area contributed by atoms with E-state index in [1.807, 2.05) is 34.7 Å². The van der Waals surface area contributed by atoms with Gasteiger partial charge in [-0.2, -0.15) is 5.01 Å². The van der Waals surface area contributed by atoms with Crippen LogP contribution >= 0.6 is 45.8 Å². The van der Waals surface area contributed by atoms with Crippen LogP contribution in [0, 0.1) is 27.2 Å². The van der Waals surface area contributed by atoms with Gasteiger partial charge in [0.2, 0.25) is 11.8 Å². The van der Waals surface area contributed by atoms with E-state index in [9.17, 15) is 19.5 Å². The summed E-state index contributed by atoms with van der Waals surface area (Å²) in [5.41, 5.74) is 4.15. The number of imide groups is 2. The molecule has 2 aliphatic carbocycles. The van der Waals surface area contributed by atoms with Crippen LogP contribution in [0.15, 0.2) is 96.6 Å². The summed E-state index contributed by atoms with van der Waals surface area (Å²) in [6, 6.07) is 24.1. The molecular formula is C40H32Cl2IN3O7. The van der Waals surface area contributed by atoms with E-state index in [1.165, 1.54) is 18.1 Å². The van der Waals surface area contributed by atoms with E-state index >= 15 is 4.79 Å². The van der Waals surface area contributed by atoms with Crippen molar-refractivity contribution < 1.29 is 33.8 Å². The molecule has 0 radical (unpaired) electrons. The molecular weight excluding hydrogens is 832 g/mol. The zero-order valence-electron chi connectivity index (χ0n) is 28.4. The second kappa shape index (κ2) is 13.4. The molecule has 8 rings (SSSR count). The molecule has 4 aromatic carbocycles. The van der Waals surface area contributed by atoms with Gasteiger partial charge in [0, 0.05) is 10.9 Å². The molecule has 2 N–H and O–H groups in total. The third-order valence-electron chi connectivity index (χ3n) is 11.2. The molecule has 6 atom stereocenters. The van der Waals surface area contributed by atoms with E-state index < -0.39 is 46.8 Å². The lowest BCUT2D eigenvalue weighted by Gasteiger charge is -2.50. The number of aromatic hydroxyl groups is 1. The van der Waals surface area contributed by atoms with Crippen molar-refractivity contribution in [3.8, 4) is 17.2 Å². The second-order valence-corrected chi connectivity index (χ2v) is 15.6. The van der Waals surface area contributed by atoms with Crippen molar-refractivity contribution in [2.45, 2.75) is 24.2 Å². The molecule has 13 heteroatoms. The largest absolute Gasteiger partial charge is 0.504 e. The number of nitrogens with one attached hydrogen (secondary N) is 1. The fourth-order valence-corrected chi connectivity index (χ4v) is 10.0. The van der Waals surface area contributed by atoms with Crippen molar-refractivity contribution in [1.29, 1.82) is 0 Å². The van der Waals surface area contributed by atoms with Crippen molar-refractivity contribution in [1.82, 2.24) is 5.01 Å². The summed E-state index contributed by atoms with van der Waals surface area (Å²) in [6.07, 6.45) is 2.36. The Hall–Kier alpha value is -4.59. The highest BCUT2D eigenvalue weighted by atomic mass is 127. The lowest BCUT2D eigenvalue weighted by Crippen LogP contribution is -2.53. The number of rotatable bonds is 7. The molecule has 2 heterocycles. The fourth-order valence-electron chi connectivity index (χ4n) is 8.97. The van der Waals surface area contributed by atoms with E-state index in [1.54, 1.807) is 79.9 Å². The average molecular weight is 865 g/mol. The first-order chi connectivity index (χ1) is 25.5. The monoisotopic (exact) mass is 863 g/mol. The molecule has 6 unspecified atom stereocenters. The highest BCUT2D eigenvalue weighted by Gasteiger charge is 2.70. The highest BCUT2D eigenvalue weighted by molar-refractivity contribution is 14.1. The smallest absolute Gasteiger partial charge is 0.260 e. The molecule has 2 aliphatic heterocycles. The predicted octanol–water partition coefficient (Wildman–Crippen LogP) is 7.51. The van der Waals surface area contributed by atoms with Gasteiger partial charge >= 0.3 is 0 Å². The number of anilines is 2. The zero-order valence-corrected chi connectivity index (χ0v) is 32.1. The third kappa shape index (κ3) is 5.33. The van der Waals surface area contributed by atoms with Gasteiger partial charge in [-0.1, -0.05) is 65.2 Å². The normalized spacial score (nSPS) is 26.2. The lowest BCUT2D eigenvalue weighted by atomic mass is 9.49. The van der Waals surface area contributed by atoms with Gasteiger partial charge in [0.1, 0.15) is 5.75 Å². The number of methoxy groups -OCH3 is 2. The lowest BCUT2D eigenvalue weighted by molar-refractivity contribution is -0.138. The molecule has 270 valence electrons. The Balaban J connectivity index is 1.36. The first-order valence-electron chi connectivity index (χ1n) is 16.9. The molecule has 3 fully saturated rings. The summed E-state index contributed by atoms with van der Waals surface area (Å²) in [6.45, 7) is 0. The van der Waals surface area contributed by atoms with Crippen molar-refractivity contribution in [3.05, 3.63) is 121 Å². The number of nitrogens with zero attached hydrogens (tertiary/aromatic N) is 2. The van der Waals surface area contributed by atoms with Crippen LogP contribution in [0.1, 0.15) is 29.9 Å². The molecule has 4 amide bonds. The molecule has 0 bridgehead atoms. The number of benzene rings is 4. The first kappa shape index (κ1) is 35.4. The Labute approximate surface area is 328 Å². The summed E-state index contributed by atoms with van der Waals surface area (Å²) in [4.78, 5) is 60.2. The number of phenolic OH excluding ortho intramolecular Hbond substituents is 1. The van der Waals surface area contributed by atoms with Crippen LogP contribution in [0.5, 0.6) is 17.2 Å². The summed E-state index contributed by atoms with van der Waals surface area (Å²) >= 11 is 14.7.